The van der Waals surface area contributed by atoms with Crippen LogP contribution in [0.15, 0.2) is 37.0 Å². The van der Waals surface area contributed by atoms with E-state index in [4.69, 9.17) is 0 Å². The van der Waals surface area contributed by atoms with Crippen molar-refractivity contribution < 1.29 is 0 Å². The van der Waals surface area contributed by atoms with Crippen LogP contribution in [0, 0.1) is 5.92 Å². The van der Waals surface area contributed by atoms with Gasteiger partial charge in [-0.05, 0) is 25.2 Å². The third kappa shape index (κ3) is 9.52. The molecule has 1 unspecified atom stereocenters. The molecular weight excluding hydrogens is 180 g/mol. The van der Waals surface area contributed by atoms with Gasteiger partial charge in [0.1, 0.15) is 0 Å². The number of rotatable bonds is 9. The van der Waals surface area contributed by atoms with Gasteiger partial charge >= 0.3 is 0 Å². The van der Waals surface area contributed by atoms with Crippen LogP contribution in [-0.4, -0.2) is 0 Å². The molecule has 0 rings (SSSR count). The third-order valence-electron chi connectivity index (χ3n) is 2.67. The van der Waals surface area contributed by atoms with Crippen molar-refractivity contribution in [3.05, 3.63) is 37.0 Å². The highest BCUT2D eigenvalue weighted by atomic mass is 14.1. The zero-order chi connectivity index (χ0) is 11.5. The zero-order valence-electron chi connectivity index (χ0n) is 10.5. The van der Waals surface area contributed by atoms with Crippen LogP contribution in [0.1, 0.15) is 52.4 Å². The Morgan fingerprint density at radius 2 is 2.07 bits per heavy atom. The molecule has 0 aromatic heterocycles. The maximum atomic E-state index is 4.06. The molecule has 0 radical (unpaired) electrons. The second kappa shape index (κ2) is 9.76. The van der Waals surface area contributed by atoms with Crippen molar-refractivity contribution in [3.8, 4) is 0 Å². The molecule has 0 aromatic carbocycles. The summed E-state index contributed by atoms with van der Waals surface area (Å²) in [5.41, 5.74) is 1.25. The average Bonchev–Trinajstić information content (AvgIpc) is 2.24. The van der Waals surface area contributed by atoms with Crippen molar-refractivity contribution in [3.63, 3.8) is 0 Å². The molecule has 0 bridgehead atoms. The number of hydrogen-bond donors (Lipinski definition) is 0. The standard InChI is InChI=1S/C15H26/c1-5-7-9-11-15(4)13-12-14(3)10-8-6-2/h5,9,11,14H,1,4,6-8,10,12-13H2,2-3H3. The number of hydrogen-bond acceptors (Lipinski definition) is 0. The predicted molar refractivity (Wildman–Crippen MR) is 71.0 cm³/mol. The minimum atomic E-state index is 0.842. The molecule has 15 heavy (non-hydrogen) atoms. The van der Waals surface area contributed by atoms with Crippen LogP contribution < -0.4 is 0 Å². The Morgan fingerprint density at radius 1 is 1.33 bits per heavy atom. The fourth-order valence-corrected chi connectivity index (χ4v) is 1.54. The first-order valence-electron chi connectivity index (χ1n) is 6.15. The van der Waals surface area contributed by atoms with Gasteiger partial charge in [-0.25, -0.2) is 0 Å². The largest absolute Gasteiger partial charge is 0.103 e. The Labute approximate surface area is 95.8 Å². The van der Waals surface area contributed by atoms with E-state index in [0.717, 1.165) is 18.8 Å². The summed E-state index contributed by atoms with van der Waals surface area (Å²) in [7, 11) is 0. The van der Waals surface area contributed by atoms with Crippen LogP contribution in [0.25, 0.3) is 0 Å². The van der Waals surface area contributed by atoms with Crippen LogP contribution in [0.4, 0.5) is 0 Å². The lowest BCUT2D eigenvalue weighted by atomic mass is 9.96. The topological polar surface area (TPSA) is 0 Å². The van der Waals surface area contributed by atoms with Gasteiger partial charge in [-0.3, -0.25) is 0 Å². The van der Waals surface area contributed by atoms with Gasteiger partial charge in [-0.15, -0.1) is 6.58 Å². The van der Waals surface area contributed by atoms with Gasteiger partial charge in [0.15, 0.2) is 0 Å². The molecule has 0 aliphatic carbocycles. The summed E-state index contributed by atoms with van der Waals surface area (Å²) in [6.45, 7) is 12.3. The van der Waals surface area contributed by atoms with E-state index in [2.05, 4.69) is 39.2 Å². The maximum Gasteiger partial charge on any atom is -0.0169 e. The highest BCUT2D eigenvalue weighted by Crippen LogP contribution is 2.17. The Bertz CT molecular complexity index is 198. The molecule has 0 aliphatic heterocycles. The van der Waals surface area contributed by atoms with Crippen molar-refractivity contribution in [2.24, 2.45) is 5.92 Å². The number of allylic oxidation sites excluding steroid dienone is 4. The molecule has 0 N–H and O–H groups in total. The first kappa shape index (κ1) is 14.2. The van der Waals surface area contributed by atoms with E-state index in [1.165, 1.54) is 31.3 Å². The fraction of sp³-hybridized carbons (Fsp3) is 0.600. The lowest BCUT2D eigenvalue weighted by Gasteiger charge is -2.10. The predicted octanol–water partition coefficient (Wildman–Crippen LogP) is 5.28. The van der Waals surface area contributed by atoms with E-state index in [1.54, 1.807) is 0 Å². The van der Waals surface area contributed by atoms with Gasteiger partial charge in [-0.1, -0.05) is 63.5 Å². The Hall–Kier alpha value is -0.780. The lowest BCUT2D eigenvalue weighted by Crippen LogP contribution is -1.94. The molecule has 86 valence electrons. The molecule has 0 fully saturated rings. The summed E-state index contributed by atoms with van der Waals surface area (Å²) < 4.78 is 0. The highest BCUT2D eigenvalue weighted by Gasteiger charge is 2.01. The van der Waals surface area contributed by atoms with Gasteiger partial charge < -0.3 is 0 Å². The molecule has 0 saturated carbocycles. The second-order valence-electron chi connectivity index (χ2n) is 4.37. The van der Waals surface area contributed by atoms with Crippen LogP contribution in [0.3, 0.4) is 0 Å². The molecule has 0 aliphatic rings. The monoisotopic (exact) mass is 206 g/mol. The summed E-state index contributed by atoms with van der Waals surface area (Å²) in [5, 5.41) is 0. The molecule has 0 spiro atoms. The van der Waals surface area contributed by atoms with Crippen molar-refractivity contribution in [2.75, 3.05) is 0 Å². The quantitative estimate of drug-likeness (QED) is 0.355. The van der Waals surface area contributed by atoms with E-state index in [1.807, 2.05) is 6.08 Å². The van der Waals surface area contributed by atoms with Gasteiger partial charge in [0.05, 0.1) is 0 Å². The smallest absolute Gasteiger partial charge is 0.0169 e. The minimum absolute atomic E-state index is 0.842. The normalized spacial score (nSPS) is 12.9. The summed E-state index contributed by atoms with van der Waals surface area (Å²) in [6.07, 6.45) is 13.6. The van der Waals surface area contributed by atoms with Crippen molar-refractivity contribution >= 4 is 0 Å². The van der Waals surface area contributed by atoms with Crippen LogP contribution >= 0.6 is 0 Å². The maximum absolute atomic E-state index is 4.06. The van der Waals surface area contributed by atoms with Crippen molar-refractivity contribution in [1.29, 1.82) is 0 Å². The molecule has 0 heterocycles. The number of unbranched alkanes of at least 4 members (excludes halogenated alkanes) is 1. The SMILES string of the molecule is C=CCC=CC(=C)CCC(C)CCCC. The molecular formula is C15H26. The van der Waals surface area contributed by atoms with E-state index < -0.39 is 0 Å². The summed E-state index contributed by atoms with van der Waals surface area (Å²) in [6, 6.07) is 0. The Balaban J connectivity index is 3.56. The van der Waals surface area contributed by atoms with Crippen molar-refractivity contribution in [1.82, 2.24) is 0 Å². The average molecular weight is 206 g/mol. The van der Waals surface area contributed by atoms with Crippen LogP contribution in [-0.2, 0) is 0 Å². The van der Waals surface area contributed by atoms with Gasteiger partial charge in [-0.2, -0.15) is 0 Å². The first-order valence-corrected chi connectivity index (χ1v) is 6.15. The summed E-state index contributed by atoms with van der Waals surface area (Å²) >= 11 is 0. The molecule has 0 amide bonds. The van der Waals surface area contributed by atoms with Crippen LogP contribution in [0.5, 0.6) is 0 Å². The second-order valence-corrected chi connectivity index (χ2v) is 4.37. The summed E-state index contributed by atoms with van der Waals surface area (Å²) in [4.78, 5) is 0. The highest BCUT2D eigenvalue weighted by molar-refractivity contribution is 5.14. The van der Waals surface area contributed by atoms with Crippen molar-refractivity contribution in [2.45, 2.75) is 52.4 Å². The molecule has 0 heteroatoms. The van der Waals surface area contributed by atoms with E-state index in [-0.39, 0.29) is 0 Å². The first-order chi connectivity index (χ1) is 7.20. The van der Waals surface area contributed by atoms with Gasteiger partial charge in [0, 0.05) is 0 Å². The van der Waals surface area contributed by atoms with E-state index in [0.29, 0.717) is 0 Å². The Kier molecular flexibility index (Phi) is 9.26. The van der Waals surface area contributed by atoms with Crippen LogP contribution in [0.2, 0.25) is 0 Å². The Morgan fingerprint density at radius 3 is 2.67 bits per heavy atom. The molecule has 0 aromatic rings. The molecule has 1 atom stereocenters. The molecule has 0 saturated heterocycles. The van der Waals surface area contributed by atoms with Gasteiger partial charge in [0.2, 0.25) is 0 Å². The summed E-state index contributed by atoms with van der Waals surface area (Å²) in [5.74, 6) is 0.842. The lowest BCUT2D eigenvalue weighted by molar-refractivity contribution is 0.473. The van der Waals surface area contributed by atoms with E-state index >= 15 is 0 Å². The van der Waals surface area contributed by atoms with Gasteiger partial charge in [0.25, 0.3) is 0 Å². The third-order valence-corrected chi connectivity index (χ3v) is 2.67. The minimum Gasteiger partial charge on any atom is -0.103 e. The van der Waals surface area contributed by atoms with E-state index in [9.17, 15) is 0 Å². The zero-order valence-corrected chi connectivity index (χ0v) is 10.5. The molecule has 0 nitrogen and oxygen atoms in total. The fourth-order valence-electron chi connectivity index (χ4n) is 1.54.